The number of rotatable bonds is 5. The van der Waals surface area contributed by atoms with E-state index in [9.17, 15) is 9.59 Å². The van der Waals surface area contributed by atoms with Crippen molar-refractivity contribution in [3.8, 4) is 5.75 Å². The Labute approximate surface area is 130 Å². The Morgan fingerprint density at radius 3 is 2.73 bits per heavy atom. The molecule has 2 atom stereocenters. The Morgan fingerprint density at radius 2 is 2.09 bits per heavy atom. The molecule has 0 radical (unpaired) electrons. The number of carbonyl (C=O) groups excluding carboxylic acids is 1. The van der Waals surface area contributed by atoms with E-state index in [2.05, 4.69) is 5.32 Å². The van der Waals surface area contributed by atoms with Gasteiger partial charge in [0.05, 0.1) is 0 Å². The molecule has 0 bridgehead atoms. The molecule has 1 heterocycles. The number of ether oxygens (including phenoxy) is 1. The first-order valence-electron chi connectivity index (χ1n) is 7.33. The molecule has 0 saturated heterocycles. The molecule has 0 spiro atoms. The smallest absolute Gasteiger partial charge is 0.326 e. The highest BCUT2D eigenvalue weighted by atomic mass is 16.5. The standard InChI is InChI=1S/C17H21NO4/c1-4-5-6-13(17(20)21)18-16(19)15-9-12-7-10(2)11(3)8-14(12)22-15/h4-5,7-8,13,15H,6,9H2,1-3H3,(H,18,19)(H,20,21)/b5-4+. The first-order chi connectivity index (χ1) is 10.4. The van der Waals surface area contributed by atoms with Crippen molar-refractivity contribution in [1.29, 1.82) is 0 Å². The first kappa shape index (κ1) is 16.1. The number of amides is 1. The molecule has 2 unspecified atom stereocenters. The van der Waals surface area contributed by atoms with Crippen LogP contribution in [0.3, 0.4) is 0 Å². The minimum Gasteiger partial charge on any atom is -0.480 e. The summed E-state index contributed by atoms with van der Waals surface area (Å²) in [4.78, 5) is 23.4. The third-order valence-electron chi connectivity index (χ3n) is 3.87. The van der Waals surface area contributed by atoms with Crippen molar-refractivity contribution >= 4 is 11.9 Å². The van der Waals surface area contributed by atoms with Crippen molar-refractivity contribution in [1.82, 2.24) is 5.32 Å². The SMILES string of the molecule is C/C=C/CC(NC(=O)C1Cc2cc(C)c(C)cc2O1)C(=O)O. The van der Waals surface area contributed by atoms with Gasteiger partial charge in [-0.25, -0.2) is 4.79 Å². The predicted octanol–water partition coefficient (Wildman–Crippen LogP) is 2.14. The van der Waals surface area contributed by atoms with Crippen molar-refractivity contribution in [2.45, 2.75) is 45.8 Å². The lowest BCUT2D eigenvalue weighted by Crippen LogP contribution is -2.46. The lowest BCUT2D eigenvalue weighted by atomic mass is 10.0. The van der Waals surface area contributed by atoms with Crippen LogP contribution in [-0.4, -0.2) is 29.1 Å². The van der Waals surface area contributed by atoms with Crippen LogP contribution in [0.2, 0.25) is 0 Å². The Hall–Kier alpha value is -2.30. The number of allylic oxidation sites excluding steroid dienone is 1. The Morgan fingerprint density at radius 1 is 1.41 bits per heavy atom. The molecule has 0 aliphatic carbocycles. The molecule has 1 aliphatic heterocycles. The summed E-state index contributed by atoms with van der Waals surface area (Å²) in [7, 11) is 0. The molecule has 0 fully saturated rings. The summed E-state index contributed by atoms with van der Waals surface area (Å²) >= 11 is 0. The average Bonchev–Trinajstić information content (AvgIpc) is 2.86. The van der Waals surface area contributed by atoms with E-state index in [1.54, 1.807) is 12.2 Å². The van der Waals surface area contributed by atoms with E-state index in [0.29, 0.717) is 12.2 Å². The fourth-order valence-electron chi connectivity index (χ4n) is 2.42. The van der Waals surface area contributed by atoms with Crippen LogP contribution in [0.15, 0.2) is 24.3 Å². The van der Waals surface area contributed by atoms with Gasteiger partial charge in [-0.15, -0.1) is 0 Å². The maximum atomic E-state index is 12.2. The van der Waals surface area contributed by atoms with Gasteiger partial charge < -0.3 is 15.2 Å². The number of nitrogens with one attached hydrogen (secondary N) is 1. The highest BCUT2D eigenvalue weighted by molar-refractivity contribution is 5.87. The molecular formula is C17H21NO4. The molecule has 1 amide bonds. The van der Waals surface area contributed by atoms with Gasteiger partial charge in [-0.3, -0.25) is 4.79 Å². The van der Waals surface area contributed by atoms with Gasteiger partial charge in [-0.1, -0.05) is 18.2 Å². The lowest BCUT2D eigenvalue weighted by Gasteiger charge is -2.16. The van der Waals surface area contributed by atoms with Gasteiger partial charge >= 0.3 is 5.97 Å². The zero-order valence-electron chi connectivity index (χ0n) is 13.1. The summed E-state index contributed by atoms with van der Waals surface area (Å²) in [6, 6.07) is 3.01. The van der Waals surface area contributed by atoms with Crippen LogP contribution in [-0.2, 0) is 16.0 Å². The van der Waals surface area contributed by atoms with E-state index in [-0.39, 0.29) is 12.3 Å². The Bertz CT molecular complexity index is 590. The minimum atomic E-state index is -1.05. The topological polar surface area (TPSA) is 75.6 Å². The molecule has 1 aliphatic rings. The molecule has 2 rings (SSSR count). The number of aliphatic carboxylic acids is 1. The van der Waals surface area contributed by atoms with Gasteiger partial charge in [0, 0.05) is 6.42 Å². The largest absolute Gasteiger partial charge is 0.480 e. The van der Waals surface area contributed by atoms with Gasteiger partial charge in [0.2, 0.25) is 0 Å². The van der Waals surface area contributed by atoms with Gasteiger partial charge in [0.25, 0.3) is 5.91 Å². The fraction of sp³-hybridized carbons (Fsp3) is 0.412. The van der Waals surface area contributed by atoms with Crippen LogP contribution in [0.1, 0.15) is 30.0 Å². The Balaban J connectivity index is 2.04. The van der Waals surface area contributed by atoms with Gasteiger partial charge in [0.15, 0.2) is 6.10 Å². The quantitative estimate of drug-likeness (QED) is 0.817. The number of carbonyl (C=O) groups is 2. The van der Waals surface area contributed by atoms with Gasteiger partial charge in [-0.2, -0.15) is 0 Å². The number of carboxylic acids is 1. The van der Waals surface area contributed by atoms with Crippen molar-refractivity contribution < 1.29 is 19.4 Å². The number of hydrogen-bond acceptors (Lipinski definition) is 3. The average molecular weight is 303 g/mol. The van der Waals surface area contributed by atoms with E-state index < -0.39 is 18.1 Å². The zero-order valence-corrected chi connectivity index (χ0v) is 13.1. The van der Waals surface area contributed by atoms with Crippen molar-refractivity contribution in [2.24, 2.45) is 0 Å². The van der Waals surface area contributed by atoms with Crippen molar-refractivity contribution in [3.63, 3.8) is 0 Å². The lowest BCUT2D eigenvalue weighted by molar-refractivity contribution is -0.142. The van der Waals surface area contributed by atoms with Crippen LogP contribution in [0.5, 0.6) is 5.75 Å². The minimum absolute atomic E-state index is 0.259. The molecule has 1 aromatic rings. The highest BCUT2D eigenvalue weighted by Crippen LogP contribution is 2.31. The normalized spacial score (nSPS) is 17.9. The number of benzene rings is 1. The van der Waals surface area contributed by atoms with E-state index in [0.717, 1.165) is 16.7 Å². The molecule has 5 heteroatoms. The maximum absolute atomic E-state index is 12.2. The van der Waals surface area contributed by atoms with Crippen molar-refractivity contribution in [3.05, 3.63) is 41.0 Å². The summed E-state index contributed by atoms with van der Waals surface area (Å²) in [6.07, 6.45) is 3.54. The molecule has 118 valence electrons. The Kier molecular flexibility index (Phi) is 4.85. The van der Waals surface area contributed by atoms with Crippen LogP contribution in [0.4, 0.5) is 0 Å². The fourth-order valence-corrected chi connectivity index (χ4v) is 2.42. The second-order valence-corrected chi connectivity index (χ2v) is 5.56. The molecule has 1 aromatic carbocycles. The third-order valence-corrected chi connectivity index (χ3v) is 3.87. The monoisotopic (exact) mass is 303 g/mol. The summed E-state index contributed by atoms with van der Waals surface area (Å²) in [5.41, 5.74) is 3.25. The second kappa shape index (κ2) is 6.64. The van der Waals surface area contributed by atoms with Gasteiger partial charge in [-0.05, 0) is 49.9 Å². The molecule has 22 heavy (non-hydrogen) atoms. The molecular weight excluding hydrogens is 282 g/mol. The predicted molar refractivity (Wildman–Crippen MR) is 83.0 cm³/mol. The van der Waals surface area contributed by atoms with E-state index in [4.69, 9.17) is 9.84 Å². The maximum Gasteiger partial charge on any atom is 0.326 e. The third kappa shape index (κ3) is 3.47. The van der Waals surface area contributed by atoms with Crippen LogP contribution < -0.4 is 10.1 Å². The number of hydrogen-bond donors (Lipinski definition) is 2. The first-order valence-corrected chi connectivity index (χ1v) is 7.33. The highest BCUT2D eigenvalue weighted by Gasteiger charge is 2.31. The van der Waals surface area contributed by atoms with Crippen molar-refractivity contribution in [2.75, 3.05) is 0 Å². The summed E-state index contributed by atoms with van der Waals surface area (Å²) in [6.45, 7) is 5.81. The van der Waals surface area contributed by atoms with E-state index >= 15 is 0 Å². The number of aryl methyl sites for hydroxylation is 2. The molecule has 0 aromatic heterocycles. The molecule has 5 nitrogen and oxygen atoms in total. The summed E-state index contributed by atoms with van der Waals surface area (Å²) in [5, 5.41) is 11.7. The van der Waals surface area contributed by atoms with Crippen LogP contribution in [0.25, 0.3) is 0 Å². The number of fused-ring (bicyclic) bond motifs is 1. The number of carboxylic acid groups (broad SMARTS) is 1. The zero-order chi connectivity index (χ0) is 16.3. The van der Waals surface area contributed by atoms with Crippen LogP contribution >= 0.6 is 0 Å². The summed E-state index contributed by atoms with van der Waals surface area (Å²) < 4.78 is 5.67. The molecule has 0 saturated carbocycles. The second-order valence-electron chi connectivity index (χ2n) is 5.56. The van der Waals surface area contributed by atoms with E-state index in [1.165, 1.54) is 0 Å². The van der Waals surface area contributed by atoms with E-state index in [1.807, 2.05) is 32.9 Å². The summed E-state index contributed by atoms with van der Waals surface area (Å²) in [5.74, 6) is -0.722. The van der Waals surface area contributed by atoms with Gasteiger partial charge in [0.1, 0.15) is 11.8 Å². The van der Waals surface area contributed by atoms with Crippen LogP contribution in [0, 0.1) is 13.8 Å². The molecule has 2 N–H and O–H groups in total.